The maximum Gasteiger partial charge on any atom is 0.282 e. The first-order chi connectivity index (χ1) is 9.88. The van der Waals surface area contributed by atoms with E-state index in [0.717, 1.165) is 37.5 Å². The molecule has 1 aliphatic rings. The summed E-state index contributed by atoms with van der Waals surface area (Å²) in [7, 11) is 0. The van der Waals surface area contributed by atoms with Gasteiger partial charge < -0.3 is 5.32 Å². The van der Waals surface area contributed by atoms with Crippen molar-refractivity contribution in [2.75, 3.05) is 0 Å². The van der Waals surface area contributed by atoms with Crippen molar-refractivity contribution in [2.24, 2.45) is 11.8 Å². The molecule has 0 radical (unpaired) electrons. The van der Waals surface area contributed by atoms with Crippen LogP contribution < -0.4 is 5.32 Å². The highest BCUT2D eigenvalue weighted by Gasteiger charge is 2.28. The van der Waals surface area contributed by atoms with E-state index in [1.807, 2.05) is 0 Å². The van der Waals surface area contributed by atoms with Gasteiger partial charge in [-0.05, 0) is 43.2 Å². The van der Waals surface area contributed by atoms with Crippen LogP contribution in [-0.4, -0.2) is 16.9 Å². The van der Waals surface area contributed by atoms with E-state index in [9.17, 15) is 19.3 Å². The van der Waals surface area contributed by atoms with Gasteiger partial charge in [0.2, 0.25) is 0 Å². The number of nitrogens with one attached hydrogen (secondary N) is 1. The lowest BCUT2D eigenvalue weighted by atomic mass is 9.79. The van der Waals surface area contributed by atoms with Gasteiger partial charge in [0.15, 0.2) is 0 Å². The van der Waals surface area contributed by atoms with Crippen LogP contribution in [0.15, 0.2) is 18.2 Å². The fraction of sp³-hybridized carbons (Fsp3) is 0.533. The smallest absolute Gasteiger partial charge is 0.282 e. The average molecular weight is 294 g/mol. The predicted molar refractivity (Wildman–Crippen MR) is 76.5 cm³/mol. The van der Waals surface area contributed by atoms with Crippen molar-refractivity contribution in [1.82, 2.24) is 5.32 Å². The maximum absolute atomic E-state index is 13.3. The van der Waals surface area contributed by atoms with Gasteiger partial charge in [0.25, 0.3) is 11.6 Å². The summed E-state index contributed by atoms with van der Waals surface area (Å²) in [5, 5.41) is 13.7. The topological polar surface area (TPSA) is 72.2 Å². The summed E-state index contributed by atoms with van der Waals surface area (Å²) < 4.78 is 13.3. The van der Waals surface area contributed by atoms with E-state index >= 15 is 0 Å². The van der Waals surface area contributed by atoms with Gasteiger partial charge in [-0.1, -0.05) is 13.8 Å². The summed E-state index contributed by atoms with van der Waals surface area (Å²) in [6, 6.07) is 2.92. The standard InChI is InChI=1S/C15H19FN2O3/c1-9-3-5-12(7-10(9)2)17-15(19)13-8-11(16)4-6-14(13)18(20)21/h4,6,8-10,12H,3,5,7H2,1-2H3,(H,17,19). The summed E-state index contributed by atoms with van der Waals surface area (Å²) >= 11 is 0. The first kappa shape index (κ1) is 15.4. The Kier molecular flexibility index (Phi) is 4.55. The highest BCUT2D eigenvalue weighted by molar-refractivity contribution is 5.98. The molecule has 0 aliphatic heterocycles. The molecule has 1 aromatic rings. The van der Waals surface area contributed by atoms with E-state index < -0.39 is 16.6 Å². The van der Waals surface area contributed by atoms with Gasteiger partial charge in [0, 0.05) is 12.1 Å². The Morgan fingerprint density at radius 2 is 2.05 bits per heavy atom. The lowest BCUT2D eigenvalue weighted by Crippen LogP contribution is -2.40. The Balaban J connectivity index is 2.13. The minimum atomic E-state index is -0.667. The Labute approximate surface area is 122 Å². The molecule has 0 bridgehead atoms. The lowest BCUT2D eigenvalue weighted by Gasteiger charge is -2.32. The summed E-state index contributed by atoms with van der Waals surface area (Å²) in [6.45, 7) is 4.31. The number of nitrogens with zero attached hydrogens (tertiary/aromatic N) is 1. The first-order valence-corrected chi connectivity index (χ1v) is 7.13. The van der Waals surface area contributed by atoms with E-state index in [1.165, 1.54) is 0 Å². The molecule has 0 aromatic heterocycles. The number of nitro groups is 1. The second-order valence-electron chi connectivity index (χ2n) is 5.86. The van der Waals surface area contributed by atoms with Gasteiger partial charge in [-0.3, -0.25) is 14.9 Å². The third kappa shape index (κ3) is 3.56. The summed E-state index contributed by atoms with van der Waals surface area (Å²) in [6.07, 6.45) is 2.70. The summed E-state index contributed by atoms with van der Waals surface area (Å²) in [5.74, 6) is -0.127. The molecule has 1 fully saturated rings. The number of hydrogen-bond donors (Lipinski definition) is 1. The van der Waals surface area contributed by atoms with Crippen molar-refractivity contribution >= 4 is 11.6 Å². The molecule has 1 N–H and O–H groups in total. The highest BCUT2D eigenvalue weighted by Crippen LogP contribution is 2.29. The molecule has 1 aliphatic carbocycles. The molecule has 1 saturated carbocycles. The van der Waals surface area contributed by atoms with Crippen LogP contribution in [0.2, 0.25) is 0 Å². The largest absolute Gasteiger partial charge is 0.349 e. The molecule has 1 aromatic carbocycles. The first-order valence-electron chi connectivity index (χ1n) is 7.13. The zero-order chi connectivity index (χ0) is 15.6. The third-order valence-electron chi connectivity index (χ3n) is 4.33. The van der Waals surface area contributed by atoms with Crippen LogP contribution in [-0.2, 0) is 0 Å². The molecule has 3 unspecified atom stereocenters. The molecule has 114 valence electrons. The van der Waals surface area contributed by atoms with Crippen LogP contribution in [0, 0.1) is 27.8 Å². The number of carbonyl (C=O) groups excluding carboxylic acids is 1. The molecular weight excluding hydrogens is 275 g/mol. The predicted octanol–water partition coefficient (Wildman–Crippen LogP) is 3.29. The van der Waals surface area contributed by atoms with Gasteiger partial charge in [-0.25, -0.2) is 4.39 Å². The summed E-state index contributed by atoms with van der Waals surface area (Å²) in [4.78, 5) is 22.5. The molecule has 2 rings (SSSR count). The van der Waals surface area contributed by atoms with Crippen LogP contribution in [0.4, 0.5) is 10.1 Å². The van der Waals surface area contributed by atoms with Crippen LogP contribution in [0.3, 0.4) is 0 Å². The number of benzene rings is 1. The van der Waals surface area contributed by atoms with E-state index in [0.29, 0.717) is 11.8 Å². The Morgan fingerprint density at radius 1 is 1.33 bits per heavy atom. The minimum absolute atomic E-state index is 0.00780. The third-order valence-corrected chi connectivity index (χ3v) is 4.33. The normalized spacial score (nSPS) is 25.4. The Bertz CT molecular complexity index is 562. The number of halogens is 1. The van der Waals surface area contributed by atoms with Crippen molar-refractivity contribution in [1.29, 1.82) is 0 Å². The minimum Gasteiger partial charge on any atom is -0.349 e. The van der Waals surface area contributed by atoms with Crippen LogP contribution in [0.1, 0.15) is 43.5 Å². The monoisotopic (exact) mass is 294 g/mol. The van der Waals surface area contributed by atoms with Gasteiger partial charge >= 0.3 is 0 Å². The van der Waals surface area contributed by atoms with Gasteiger partial charge in [0.05, 0.1) is 4.92 Å². The number of hydrogen-bond acceptors (Lipinski definition) is 3. The number of carbonyl (C=O) groups is 1. The molecule has 0 saturated heterocycles. The highest BCUT2D eigenvalue weighted by atomic mass is 19.1. The SMILES string of the molecule is CC1CCC(NC(=O)c2cc(F)ccc2[N+](=O)[O-])CC1C. The molecule has 0 heterocycles. The maximum atomic E-state index is 13.3. The Hall–Kier alpha value is -1.98. The Morgan fingerprint density at radius 3 is 2.67 bits per heavy atom. The van der Waals surface area contributed by atoms with Crippen molar-refractivity contribution in [2.45, 2.75) is 39.2 Å². The number of rotatable bonds is 3. The second-order valence-corrected chi connectivity index (χ2v) is 5.86. The van der Waals surface area contributed by atoms with Gasteiger partial charge in [-0.2, -0.15) is 0 Å². The van der Waals surface area contributed by atoms with Crippen LogP contribution >= 0.6 is 0 Å². The van der Waals surface area contributed by atoms with E-state index in [2.05, 4.69) is 19.2 Å². The molecule has 6 heteroatoms. The number of amides is 1. The average Bonchev–Trinajstić information content (AvgIpc) is 2.42. The van der Waals surface area contributed by atoms with Gasteiger partial charge in [-0.15, -0.1) is 0 Å². The van der Waals surface area contributed by atoms with E-state index in [-0.39, 0.29) is 17.3 Å². The molecule has 0 spiro atoms. The molecule has 3 atom stereocenters. The van der Waals surface area contributed by atoms with Crippen molar-refractivity contribution < 1.29 is 14.1 Å². The second kappa shape index (κ2) is 6.20. The van der Waals surface area contributed by atoms with E-state index in [4.69, 9.17) is 0 Å². The quantitative estimate of drug-likeness (QED) is 0.686. The van der Waals surface area contributed by atoms with Crippen LogP contribution in [0.25, 0.3) is 0 Å². The molecular formula is C15H19FN2O3. The number of nitro benzene ring substituents is 1. The fourth-order valence-corrected chi connectivity index (χ4v) is 2.79. The fourth-order valence-electron chi connectivity index (χ4n) is 2.79. The summed E-state index contributed by atoms with van der Waals surface area (Å²) in [5.41, 5.74) is -0.586. The van der Waals surface area contributed by atoms with Crippen molar-refractivity contribution in [3.05, 3.63) is 39.7 Å². The van der Waals surface area contributed by atoms with Crippen molar-refractivity contribution in [3.63, 3.8) is 0 Å². The lowest BCUT2D eigenvalue weighted by molar-refractivity contribution is -0.385. The van der Waals surface area contributed by atoms with E-state index in [1.54, 1.807) is 0 Å². The molecule has 21 heavy (non-hydrogen) atoms. The van der Waals surface area contributed by atoms with Crippen LogP contribution in [0.5, 0.6) is 0 Å². The zero-order valence-corrected chi connectivity index (χ0v) is 12.1. The molecule has 5 nitrogen and oxygen atoms in total. The van der Waals surface area contributed by atoms with Gasteiger partial charge in [0.1, 0.15) is 11.4 Å². The zero-order valence-electron chi connectivity index (χ0n) is 12.1. The molecule has 1 amide bonds. The van der Waals surface area contributed by atoms with Crippen molar-refractivity contribution in [3.8, 4) is 0 Å².